The van der Waals surface area contributed by atoms with E-state index in [0.29, 0.717) is 17.1 Å². The van der Waals surface area contributed by atoms with E-state index in [1.54, 1.807) is 39.0 Å². The summed E-state index contributed by atoms with van der Waals surface area (Å²) in [7, 11) is 0. The number of rotatable bonds is 3. The minimum atomic E-state index is -0.526. The van der Waals surface area contributed by atoms with Crippen molar-refractivity contribution >= 4 is 35.4 Å². The van der Waals surface area contributed by atoms with E-state index in [1.165, 1.54) is 6.07 Å². The van der Waals surface area contributed by atoms with Crippen molar-refractivity contribution in [2.45, 2.75) is 26.4 Å². The van der Waals surface area contributed by atoms with Crippen molar-refractivity contribution in [2.24, 2.45) is 0 Å². The number of hydrogen-bond acceptors (Lipinski definition) is 3. The van der Waals surface area contributed by atoms with Gasteiger partial charge in [-0.2, -0.15) is 0 Å². The van der Waals surface area contributed by atoms with Gasteiger partial charge in [-0.15, -0.1) is 0 Å². The molecule has 0 aliphatic rings. The molecule has 110 valence electrons. The lowest BCUT2D eigenvalue weighted by atomic mass is 10.2. The first-order valence-corrected chi connectivity index (χ1v) is 6.76. The Kier molecular flexibility index (Phi) is 5.72. The molecule has 4 nitrogen and oxygen atoms in total. The molecule has 0 saturated heterocycles. The number of benzene rings is 1. The van der Waals surface area contributed by atoms with E-state index in [9.17, 15) is 9.90 Å². The van der Waals surface area contributed by atoms with Gasteiger partial charge in [0.2, 0.25) is 0 Å². The number of carbonyl (C=O) groups is 1. The van der Waals surface area contributed by atoms with Gasteiger partial charge in [0.15, 0.2) is 0 Å². The molecule has 0 aliphatic carbocycles. The number of phenolic OH excluding ortho intramolecular Hbond substituents is 1. The van der Waals surface area contributed by atoms with Crippen LogP contribution in [-0.2, 0) is 4.74 Å². The Balaban J connectivity index is 2.54. The summed E-state index contributed by atoms with van der Waals surface area (Å²) in [6.45, 7) is 5.67. The lowest BCUT2D eigenvalue weighted by Gasteiger charge is -2.19. The predicted molar refractivity (Wildman–Crippen MR) is 81.4 cm³/mol. The molecule has 0 bridgehead atoms. The summed E-state index contributed by atoms with van der Waals surface area (Å²) < 4.78 is 5.08. The summed E-state index contributed by atoms with van der Waals surface area (Å²) >= 11 is 11.7. The maximum Gasteiger partial charge on any atom is 0.407 e. The Morgan fingerprint density at radius 3 is 2.60 bits per heavy atom. The van der Waals surface area contributed by atoms with Crippen LogP contribution >= 0.6 is 23.2 Å². The smallest absolute Gasteiger partial charge is 0.407 e. The zero-order chi connectivity index (χ0) is 15.3. The summed E-state index contributed by atoms with van der Waals surface area (Å²) in [5, 5.41) is 12.5. The third-order valence-corrected chi connectivity index (χ3v) is 2.76. The molecule has 0 unspecified atom stereocenters. The Bertz CT molecular complexity index is 522. The first-order valence-electron chi connectivity index (χ1n) is 6.00. The highest BCUT2D eigenvalue weighted by molar-refractivity contribution is 6.35. The van der Waals surface area contributed by atoms with Crippen LogP contribution in [0.2, 0.25) is 10.0 Å². The quantitative estimate of drug-likeness (QED) is 0.876. The Hall–Kier alpha value is -1.39. The standard InChI is InChI=1S/C14H17Cl2NO3/c1-14(2,3)20-13(19)17-6-4-5-9-7-11(16)12(18)8-10(9)15/h4-5,7-8,18H,6H2,1-3H3,(H,17,19). The Morgan fingerprint density at radius 2 is 2.00 bits per heavy atom. The van der Waals surface area contributed by atoms with E-state index in [-0.39, 0.29) is 10.8 Å². The van der Waals surface area contributed by atoms with E-state index in [4.69, 9.17) is 27.9 Å². The molecule has 0 radical (unpaired) electrons. The molecule has 0 spiro atoms. The molecular formula is C14H17Cl2NO3. The van der Waals surface area contributed by atoms with Crippen molar-refractivity contribution in [3.05, 3.63) is 33.8 Å². The number of phenols is 1. The van der Waals surface area contributed by atoms with Gasteiger partial charge in [-0.25, -0.2) is 4.79 Å². The highest BCUT2D eigenvalue weighted by Gasteiger charge is 2.15. The van der Waals surface area contributed by atoms with Gasteiger partial charge in [-0.3, -0.25) is 0 Å². The second-order valence-electron chi connectivity index (χ2n) is 5.11. The molecule has 1 aromatic carbocycles. The second kappa shape index (κ2) is 6.86. The lowest BCUT2D eigenvalue weighted by molar-refractivity contribution is 0.0534. The maximum atomic E-state index is 11.4. The number of ether oxygens (including phenoxy) is 1. The third kappa shape index (κ3) is 5.72. The molecule has 20 heavy (non-hydrogen) atoms. The van der Waals surface area contributed by atoms with Crippen molar-refractivity contribution < 1.29 is 14.6 Å². The largest absolute Gasteiger partial charge is 0.506 e. The minimum absolute atomic E-state index is 0.0688. The van der Waals surface area contributed by atoms with Crippen LogP contribution in [0.15, 0.2) is 18.2 Å². The predicted octanol–water partition coefficient (Wildman–Crippen LogP) is 4.24. The highest BCUT2D eigenvalue weighted by Crippen LogP contribution is 2.30. The van der Waals surface area contributed by atoms with Gasteiger partial charge in [-0.1, -0.05) is 35.4 Å². The number of nitrogens with one attached hydrogen (secondary N) is 1. The number of halogens is 2. The van der Waals surface area contributed by atoms with Crippen LogP contribution in [0, 0.1) is 0 Å². The molecule has 0 atom stereocenters. The molecule has 1 amide bonds. The van der Waals surface area contributed by atoms with E-state index in [1.807, 2.05) is 0 Å². The van der Waals surface area contributed by atoms with Crippen LogP contribution in [-0.4, -0.2) is 23.3 Å². The zero-order valence-corrected chi connectivity index (χ0v) is 13.0. The number of carbonyl (C=O) groups excluding carboxylic acids is 1. The molecule has 0 fully saturated rings. The van der Waals surface area contributed by atoms with Crippen LogP contribution in [0.5, 0.6) is 5.75 Å². The molecular weight excluding hydrogens is 301 g/mol. The molecule has 1 aromatic rings. The van der Waals surface area contributed by atoms with Crippen molar-refractivity contribution in [2.75, 3.05) is 6.54 Å². The van der Waals surface area contributed by atoms with E-state index >= 15 is 0 Å². The number of aromatic hydroxyl groups is 1. The van der Waals surface area contributed by atoms with Gasteiger partial charge in [0.25, 0.3) is 0 Å². The highest BCUT2D eigenvalue weighted by atomic mass is 35.5. The van der Waals surface area contributed by atoms with Gasteiger partial charge >= 0.3 is 6.09 Å². The topological polar surface area (TPSA) is 58.6 Å². The van der Waals surface area contributed by atoms with E-state index in [0.717, 1.165) is 0 Å². The fourth-order valence-electron chi connectivity index (χ4n) is 1.32. The zero-order valence-electron chi connectivity index (χ0n) is 11.5. The molecule has 0 aliphatic heterocycles. The van der Waals surface area contributed by atoms with E-state index < -0.39 is 11.7 Å². The molecule has 2 N–H and O–H groups in total. The normalized spacial score (nSPS) is 11.7. The summed E-state index contributed by atoms with van der Waals surface area (Å²) in [5.41, 5.74) is 0.127. The van der Waals surface area contributed by atoms with Crippen LogP contribution in [0.25, 0.3) is 6.08 Å². The summed E-state index contributed by atoms with van der Waals surface area (Å²) in [6, 6.07) is 2.91. The van der Waals surface area contributed by atoms with Crippen LogP contribution in [0.3, 0.4) is 0 Å². The fourth-order valence-corrected chi connectivity index (χ4v) is 1.71. The van der Waals surface area contributed by atoms with Crippen molar-refractivity contribution in [1.82, 2.24) is 5.32 Å². The van der Waals surface area contributed by atoms with E-state index in [2.05, 4.69) is 5.32 Å². The van der Waals surface area contributed by atoms with Crippen LogP contribution in [0.4, 0.5) is 4.79 Å². The molecule has 6 heteroatoms. The van der Waals surface area contributed by atoms with Gasteiger partial charge in [0.1, 0.15) is 11.4 Å². The number of alkyl carbamates (subject to hydrolysis) is 1. The third-order valence-electron chi connectivity index (χ3n) is 2.13. The SMILES string of the molecule is CC(C)(C)OC(=O)NCC=Cc1cc(Cl)c(O)cc1Cl. The van der Waals surface area contributed by atoms with Crippen LogP contribution < -0.4 is 5.32 Å². The summed E-state index contributed by atoms with van der Waals surface area (Å²) in [6.07, 6.45) is 2.92. The first kappa shape index (κ1) is 16.7. The Morgan fingerprint density at radius 1 is 1.35 bits per heavy atom. The van der Waals surface area contributed by atoms with Gasteiger partial charge in [-0.05, 0) is 32.4 Å². The Labute approximate surface area is 128 Å². The number of hydrogen-bond donors (Lipinski definition) is 2. The first-order chi connectivity index (χ1) is 9.19. The second-order valence-corrected chi connectivity index (χ2v) is 5.92. The average molecular weight is 318 g/mol. The summed E-state index contributed by atoms with van der Waals surface area (Å²) in [4.78, 5) is 11.4. The number of amides is 1. The molecule has 0 aromatic heterocycles. The van der Waals surface area contributed by atoms with Crippen LogP contribution in [0.1, 0.15) is 26.3 Å². The molecule has 0 saturated carbocycles. The minimum Gasteiger partial charge on any atom is -0.506 e. The molecule has 0 heterocycles. The van der Waals surface area contributed by atoms with Gasteiger partial charge in [0, 0.05) is 12.6 Å². The lowest BCUT2D eigenvalue weighted by Crippen LogP contribution is -2.32. The summed E-state index contributed by atoms with van der Waals surface area (Å²) in [5.74, 6) is -0.0688. The maximum absolute atomic E-state index is 11.4. The fraction of sp³-hybridized carbons (Fsp3) is 0.357. The monoisotopic (exact) mass is 317 g/mol. The van der Waals surface area contributed by atoms with Gasteiger partial charge in [0.05, 0.1) is 10.0 Å². The molecule has 1 rings (SSSR count). The van der Waals surface area contributed by atoms with Gasteiger partial charge < -0.3 is 15.2 Å². The average Bonchev–Trinajstić information content (AvgIpc) is 2.28. The van der Waals surface area contributed by atoms with Crippen molar-refractivity contribution in [1.29, 1.82) is 0 Å². The van der Waals surface area contributed by atoms with Crippen molar-refractivity contribution in [3.8, 4) is 5.75 Å². The van der Waals surface area contributed by atoms with Crippen molar-refractivity contribution in [3.63, 3.8) is 0 Å².